The van der Waals surface area contributed by atoms with Gasteiger partial charge in [0.2, 0.25) is 0 Å². The summed E-state index contributed by atoms with van der Waals surface area (Å²) in [5.41, 5.74) is 2.32. The molecule has 0 bridgehead atoms. The highest BCUT2D eigenvalue weighted by Crippen LogP contribution is 2.33. The molecule has 1 unspecified atom stereocenters. The Balaban J connectivity index is 0.00000384. The van der Waals surface area contributed by atoms with Crippen LogP contribution in [0.15, 0.2) is 51.8 Å². The summed E-state index contributed by atoms with van der Waals surface area (Å²) in [4.78, 5) is 43.3. The number of rotatable bonds is 7. The largest absolute Gasteiger partial charge is 0.514 e. The lowest BCUT2D eigenvalue weighted by atomic mass is 9.91. The third kappa shape index (κ3) is 6.43. The van der Waals surface area contributed by atoms with Crippen molar-refractivity contribution in [1.29, 1.82) is 0 Å². The second-order valence-electron chi connectivity index (χ2n) is 10.9. The van der Waals surface area contributed by atoms with Crippen molar-refractivity contribution in [3.05, 3.63) is 91.5 Å². The number of hydrogen-bond donors (Lipinski definition) is 0. The van der Waals surface area contributed by atoms with Crippen LogP contribution in [-0.2, 0) is 17.7 Å². The molecule has 0 aliphatic carbocycles. The number of aryl methyl sites for hydroxylation is 1. The number of hydrogen-bond acceptors (Lipinski definition) is 10. The van der Waals surface area contributed by atoms with Crippen LogP contribution in [0.25, 0.3) is 11.0 Å². The number of piperidine rings is 1. The van der Waals surface area contributed by atoms with Crippen molar-refractivity contribution >= 4 is 35.2 Å². The maximum atomic E-state index is 13.5. The number of nitrogens with zero attached hydrogens (tertiary/aromatic N) is 5. The Morgan fingerprint density at radius 3 is 2.61 bits per heavy atom. The Hall–Kier alpha value is -4.36. The highest BCUT2D eigenvalue weighted by atomic mass is 35.5. The molecule has 14 heteroatoms. The summed E-state index contributed by atoms with van der Waals surface area (Å²) >= 11 is 0. The van der Waals surface area contributed by atoms with Gasteiger partial charge in [0.15, 0.2) is 17.5 Å². The molecule has 6 rings (SSSR count). The Kier molecular flexibility index (Phi) is 9.25. The zero-order chi connectivity index (χ0) is 30.1. The van der Waals surface area contributed by atoms with Crippen LogP contribution in [0.1, 0.15) is 60.5 Å². The van der Waals surface area contributed by atoms with Gasteiger partial charge in [-0.25, -0.2) is 14.2 Å². The van der Waals surface area contributed by atoms with Crippen molar-refractivity contribution in [3.63, 3.8) is 0 Å². The summed E-state index contributed by atoms with van der Waals surface area (Å²) in [6.45, 7) is 4.66. The van der Waals surface area contributed by atoms with Gasteiger partial charge in [0, 0.05) is 53.9 Å². The lowest BCUT2D eigenvalue weighted by Crippen LogP contribution is -2.38. The van der Waals surface area contributed by atoms with Crippen LogP contribution >= 0.6 is 12.4 Å². The minimum Gasteiger partial charge on any atom is -0.422 e. The van der Waals surface area contributed by atoms with E-state index < -0.39 is 17.2 Å². The number of carbonyl (C=O) groups excluding carboxylic acids is 1. The Bertz CT molecular complexity index is 1730. The lowest BCUT2D eigenvalue weighted by molar-refractivity contribution is -0.384. The number of fused-ring (bicyclic) bond motifs is 2. The quantitative estimate of drug-likeness (QED) is 0.109. The molecule has 0 N–H and O–H groups in total. The van der Waals surface area contributed by atoms with Gasteiger partial charge in [-0.3, -0.25) is 19.5 Å². The molecule has 4 aromatic rings. The van der Waals surface area contributed by atoms with E-state index >= 15 is 0 Å². The number of benzene rings is 2. The van der Waals surface area contributed by atoms with E-state index in [1.54, 1.807) is 17.6 Å². The molecule has 2 aromatic carbocycles. The summed E-state index contributed by atoms with van der Waals surface area (Å²) < 4.78 is 31.2. The van der Waals surface area contributed by atoms with E-state index in [9.17, 15) is 24.1 Å². The van der Waals surface area contributed by atoms with Crippen molar-refractivity contribution in [1.82, 2.24) is 19.6 Å². The molecule has 1 atom stereocenters. The van der Waals surface area contributed by atoms with Crippen LogP contribution in [0.3, 0.4) is 0 Å². The average molecular weight is 628 g/mol. The molecular formula is C30H31ClFN5O7. The van der Waals surface area contributed by atoms with Crippen molar-refractivity contribution in [2.24, 2.45) is 0 Å². The van der Waals surface area contributed by atoms with Gasteiger partial charge in [-0.15, -0.1) is 12.4 Å². The number of non-ortho nitro benzene ring substituents is 1. The fraction of sp³-hybridized carbons (Fsp3) is 0.400. The number of aromatic nitrogens is 3. The first-order chi connectivity index (χ1) is 20.8. The molecule has 0 amide bonds. The summed E-state index contributed by atoms with van der Waals surface area (Å²) in [5.74, 6) is 0.374. The number of nitro benzene ring substituents is 1. The standard InChI is InChI=1S/C30H30FN5O7.ClH/c1-18-23(12-16-34-14-10-19(11-15-34)27-24-9-4-20(31)17-26(24)43-33-27)29(37)35-13-2-3-25(28(35)32-18)42-30(38)41-22-7-5-21(6-8-22)36(39)40;/h4-9,17,19,25H,2-3,10-16H2,1H3;1H. The van der Waals surface area contributed by atoms with Gasteiger partial charge >= 0.3 is 6.16 Å². The van der Waals surface area contributed by atoms with Gasteiger partial charge in [-0.05, 0) is 76.4 Å². The van der Waals surface area contributed by atoms with Crippen LogP contribution in [0, 0.1) is 22.9 Å². The fourth-order valence-electron chi connectivity index (χ4n) is 5.94. The first-order valence-corrected chi connectivity index (χ1v) is 14.3. The van der Waals surface area contributed by atoms with E-state index in [0.29, 0.717) is 55.0 Å². The van der Waals surface area contributed by atoms with Gasteiger partial charge in [0.25, 0.3) is 11.2 Å². The van der Waals surface area contributed by atoms with Gasteiger partial charge in [0.1, 0.15) is 11.6 Å². The SMILES string of the molecule is Cc1nc2n(c(=O)c1CCN1CCC(c3noc4cc(F)ccc34)CC1)CCCC2OC(=O)Oc1ccc([N+](=O)[O-])cc1.Cl. The number of halogens is 2. The number of nitro groups is 1. The zero-order valence-corrected chi connectivity index (χ0v) is 24.8. The van der Waals surface area contributed by atoms with E-state index in [1.165, 1.54) is 36.4 Å². The highest BCUT2D eigenvalue weighted by Gasteiger charge is 2.30. The second kappa shape index (κ2) is 13.1. The molecule has 1 fully saturated rings. The normalized spacial score (nSPS) is 17.1. The van der Waals surface area contributed by atoms with Crippen molar-refractivity contribution in [3.8, 4) is 5.75 Å². The monoisotopic (exact) mass is 627 g/mol. The van der Waals surface area contributed by atoms with Crippen LogP contribution in [0.5, 0.6) is 5.75 Å². The van der Waals surface area contributed by atoms with Gasteiger partial charge in [-0.1, -0.05) is 5.16 Å². The van der Waals surface area contributed by atoms with E-state index in [4.69, 9.17) is 14.0 Å². The smallest absolute Gasteiger partial charge is 0.422 e. The lowest BCUT2D eigenvalue weighted by Gasteiger charge is -2.31. The van der Waals surface area contributed by atoms with Crippen LogP contribution in [0.2, 0.25) is 0 Å². The summed E-state index contributed by atoms with van der Waals surface area (Å²) in [5, 5.41) is 15.9. The molecule has 44 heavy (non-hydrogen) atoms. The molecule has 0 saturated carbocycles. The highest BCUT2D eigenvalue weighted by molar-refractivity contribution is 5.85. The third-order valence-electron chi connectivity index (χ3n) is 8.24. The molecule has 0 spiro atoms. The Morgan fingerprint density at radius 2 is 1.89 bits per heavy atom. The van der Waals surface area contributed by atoms with E-state index in [0.717, 1.165) is 37.0 Å². The minimum absolute atomic E-state index is 0. The van der Waals surface area contributed by atoms with E-state index in [2.05, 4.69) is 15.0 Å². The van der Waals surface area contributed by atoms with Crippen molar-refractivity contribution in [2.75, 3.05) is 19.6 Å². The van der Waals surface area contributed by atoms with E-state index in [-0.39, 0.29) is 41.1 Å². The Morgan fingerprint density at radius 1 is 1.14 bits per heavy atom. The van der Waals surface area contributed by atoms with Crippen molar-refractivity contribution < 1.29 is 28.1 Å². The molecular weight excluding hydrogens is 597 g/mol. The predicted octanol–water partition coefficient (Wildman–Crippen LogP) is 5.63. The summed E-state index contributed by atoms with van der Waals surface area (Å²) in [6, 6.07) is 9.59. The number of carbonyl (C=O) groups is 1. The van der Waals surface area contributed by atoms with Gasteiger partial charge < -0.3 is 18.9 Å². The predicted molar refractivity (Wildman–Crippen MR) is 159 cm³/mol. The van der Waals surface area contributed by atoms with Crippen LogP contribution in [-0.4, -0.2) is 50.3 Å². The van der Waals surface area contributed by atoms with Gasteiger partial charge in [0.05, 0.1) is 10.6 Å². The maximum absolute atomic E-state index is 13.5. The molecule has 1 saturated heterocycles. The number of likely N-dealkylation sites (tertiary alicyclic amines) is 1. The third-order valence-corrected chi connectivity index (χ3v) is 8.24. The molecule has 4 heterocycles. The zero-order valence-electron chi connectivity index (χ0n) is 23.9. The molecule has 12 nitrogen and oxygen atoms in total. The summed E-state index contributed by atoms with van der Waals surface area (Å²) in [7, 11) is 0. The molecule has 2 aromatic heterocycles. The fourth-order valence-corrected chi connectivity index (χ4v) is 5.94. The summed E-state index contributed by atoms with van der Waals surface area (Å²) in [6.07, 6.45) is 1.71. The van der Waals surface area contributed by atoms with Crippen LogP contribution in [0.4, 0.5) is 14.9 Å². The first kappa shape index (κ1) is 31.1. The van der Waals surface area contributed by atoms with Crippen LogP contribution < -0.4 is 10.3 Å². The van der Waals surface area contributed by atoms with Crippen molar-refractivity contribution in [2.45, 2.75) is 57.6 Å². The molecule has 2 aliphatic heterocycles. The minimum atomic E-state index is -0.975. The average Bonchev–Trinajstić information content (AvgIpc) is 3.41. The first-order valence-electron chi connectivity index (χ1n) is 14.3. The molecule has 0 radical (unpaired) electrons. The molecule has 2 aliphatic rings. The van der Waals surface area contributed by atoms with E-state index in [1.807, 2.05) is 0 Å². The topological polar surface area (TPSA) is 143 Å². The second-order valence-corrected chi connectivity index (χ2v) is 10.9. The maximum Gasteiger partial charge on any atom is 0.514 e. The van der Waals surface area contributed by atoms with Gasteiger partial charge in [-0.2, -0.15) is 0 Å². The number of ether oxygens (including phenoxy) is 2. The Labute approximate surface area is 257 Å². The molecule has 232 valence electrons.